The SMILES string of the molecule is CC(Cl)(Cl)C(Cl)=C(O)O. The van der Waals surface area contributed by atoms with Crippen molar-refractivity contribution >= 4 is 34.8 Å². The molecule has 0 aliphatic rings. The van der Waals surface area contributed by atoms with E-state index >= 15 is 0 Å². The van der Waals surface area contributed by atoms with Crippen molar-refractivity contribution in [2.24, 2.45) is 0 Å². The van der Waals surface area contributed by atoms with Crippen LogP contribution in [0.25, 0.3) is 0 Å². The van der Waals surface area contributed by atoms with Gasteiger partial charge in [0, 0.05) is 0 Å². The van der Waals surface area contributed by atoms with E-state index in [4.69, 9.17) is 45.0 Å². The van der Waals surface area contributed by atoms with Crippen molar-refractivity contribution in [3.8, 4) is 0 Å². The number of aliphatic hydroxyl groups is 2. The Hall–Kier alpha value is 0.210. The number of rotatable bonds is 1. The molecule has 2 nitrogen and oxygen atoms in total. The van der Waals surface area contributed by atoms with Crippen molar-refractivity contribution in [3.05, 3.63) is 11.0 Å². The van der Waals surface area contributed by atoms with E-state index in [2.05, 4.69) is 0 Å². The second-order valence-corrected chi connectivity index (χ2v) is 3.61. The Bertz CT molecular complexity index is 131. The normalized spacial score (nSPS) is 11.1. The highest BCUT2D eigenvalue weighted by Crippen LogP contribution is 2.32. The number of hydrogen-bond donors (Lipinski definition) is 2. The van der Waals surface area contributed by atoms with E-state index in [0.29, 0.717) is 0 Å². The summed E-state index contributed by atoms with van der Waals surface area (Å²) in [5.74, 6) is -1.05. The first-order valence-electron chi connectivity index (χ1n) is 2.01. The predicted octanol–water partition coefficient (Wildman–Crippen LogP) is 2.70. The van der Waals surface area contributed by atoms with Crippen LogP contribution in [0.5, 0.6) is 0 Å². The van der Waals surface area contributed by atoms with Crippen LogP contribution in [-0.4, -0.2) is 14.5 Å². The van der Waals surface area contributed by atoms with Crippen molar-refractivity contribution in [1.29, 1.82) is 0 Å². The maximum Gasteiger partial charge on any atom is 0.292 e. The van der Waals surface area contributed by atoms with E-state index in [1.165, 1.54) is 6.92 Å². The van der Waals surface area contributed by atoms with Crippen LogP contribution in [0.4, 0.5) is 0 Å². The van der Waals surface area contributed by atoms with E-state index < -0.39 is 10.3 Å². The molecule has 0 amide bonds. The van der Waals surface area contributed by atoms with Crippen LogP contribution in [0, 0.1) is 0 Å². The van der Waals surface area contributed by atoms with E-state index in [0.717, 1.165) is 0 Å². The molecule has 0 aliphatic heterocycles. The lowest BCUT2D eigenvalue weighted by atomic mass is 10.4. The average molecular weight is 191 g/mol. The Morgan fingerprint density at radius 1 is 1.33 bits per heavy atom. The number of hydrogen-bond acceptors (Lipinski definition) is 2. The monoisotopic (exact) mass is 190 g/mol. The van der Waals surface area contributed by atoms with Gasteiger partial charge in [-0.3, -0.25) is 0 Å². The molecule has 0 spiro atoms. The number of halogens is 3. The minimum Gasteiger partial charge on any atom is -0.480 e. The molecule has 0 aliphatic carbocycles. The number of allylic oxidation sites excluding steroid dienone is 1. The molecule has 0 radical (unpaired) electrons. The number of aliphatic hydroxyl groups excluding tert-OH is 1. The van der Waals surface area contributed by atoms with Crippen molar-refractivity contribution in [1.82, 2.24) is 0 Å². The molecule has 0 unspecified atom stereocenters. The Morgan fingerprint density at radius 2 is 1.67 bits per heavy atom. The first kappa shape index (κ1) is 9.21. The standard InChI is InChI=1S/C4H5Cl3O2/c1-4(6,7)2(5)3(8)9/h8-9H,1H3. The highest BCUT2D eigenvalue weighted by Gasteiger charge is 2.25. The van der Waals surface area contributed by atoms with Crippen LogP contribution in [0.1, 0.15) is 6.92 Å². The summed E-state index contributed by atoms with van der Waals surface area (Å²) in [5.41, 5.74) is 0. The third-order valence-electron chi connectivity index (χ3n) is 0.582. The third kappa shape index (κ3) is 3.04. The molecule has 0 heterocycles. The summed E-state index contributed by atoms with van der Waals surface area (Å²) in [5, 5.41) is 16.2. The van der Waals surface area contributed by atoms with Crippen LogP contribution in [0.15, 0.2) is 11.0 Å². The van der Waals surface area contributed by atoms with E-state index in [1.54, 1.807) is 0 Å². The van der Waals surface area contributed by atoms with Gasteiger partial charge in [0.1, 0.15) is 5.03 Å². The maximum atomic E-state index is 8.29. The van der Waals surface area contributed by atoms with Crippen LogP contribution in [-0.2, 0) is 0 Å². The Morgan fingerprint density at radius 3 is 1.67 bits per heavy atom. The van der Waals surface area contributed by atoms with Gasteiger partial charge in [-0.05, 0) is 6.92 Å². The molecule has 54 valence electrons. The predicted molar refractivity (Wildman–Crippen MR) is 38.2 cm³/mol. The van der Waals surface area contributed by atoms with Gasteiger partial charge < -0.3 is 10.2 Å². The van der Waals surface area contributed by atoms with Crippen LogP contribution >= 0.6 is 34.8 Å². The quantitative estimate of drug-likeness (QED) is 0.494. The first-order chi connectivity index (χ1) is 3.85. The summed E-state index contributed by atoms with van der Waals surface area (Å²) in [4.78, 5) is 0. The lowest BCUT2D eigenvalue weighted by Gasteiger charge is -2.09. The minimum atomic E-state index is -1.43. The van der Waals surface area contributed by atoms with Gasteiger partial charge in [0.15, 0.2) is 4.33 Å². The van der Waals surface area contributed by atoms with E-state index in [1.807, 2.05) is 0 Å². The fourth-order valence-electron chi connectivity index (χ4n) is 0.196. The highest BCUT2D eigenvalue weighted by atomic mass is 35.5. The zero-order chi connectivity index (χ0) is 7.65. The van der Waals surface area contributed by atoms with Crippen molar-refractivity contribution in [2.75, 3.05) is 0 Å². The average Bonchev–Trinajstić information content (AvgIpc) is 1.62. The lowest BCUT2D eigenvalue weighted by Crippen LogP contribution is -2.08. The second-order valence-electron chi connectivity index (χ2n) is 1.53. The molecule has 0 aromatic heterocycles. The Kier molecular flexibility index (Phi) is 2.93. The number of alkyl halides is 2. The largest absolute Gasteiger partial charge is 0.480 e. The molecule has 0 saturated heterocycles. The molecule has 0 bridgehead atoms. The first-order valence-corrected chi connectivity index (χ1v) is 3.15. The van der Waals surface area contributed by atoms with E-state index in [-0.39, 0.29) is 5.03 Å². The third-order valence-corrected chi connectivity index (χ3v) is 1.70. The van der Waals surface area contributed by atoms with Gasteiger partial charge in [-0.25, -0.2) is 0 Å². The van der Waals surface area contributed by atoms with Gasteiger partial charge >= 0.3 is 0 Å². The summed E-state index contributed by atoms with van der Waals surface area (Å²) >= 11 is 15.9. The van der Waals surface area contributed by atoms with Crippen molar-refractivity contribution in [3.63, 3.8) is 0 Å². The summed E-state index contributed by atoms with van der Waals surface area (Å²) < 4.78 is -1.43. The molecule has 0 atom stereocenters. The zero-order valence-electron chi connectivity index (χ0n) is 4.53. The summed E-state index contributed by atoms with van der Waals surface area (Å²) in [6, 6.07) is 0. The van der Waals surface area contributed by atoms with Gasteiger partial charge in [0.25, 0.3) is 5.95 Å². The summed E-state index contributed by atoms with van der Waals surface area (Å²) in [7, 11) is 0. The Balaban J connectivity index is 4.40. The molecule has 5 heteroatoms. The van der Waals surface area contributed by atoms with Gasteiger partial charge in [-0.15, -0.1) is 0 Å². The molecule has 0 rings (SSSR count). The second kappa shape index (κ2) is 2.86. The molecular formula is C4H5Cl3O2. The van der Waals surface area contributed by atoms with Crippen LogP contribution in [0.3, 0.4) is 0 Å². The van der Waals surface area contributed by atoms with Gasteiger partial charge in [0.05, 0.1) is 0 Å². The molecular weight excluding hydrogens is 186 g/mol. The molecule has 0 fully saturated rings. The van der Waals surface area contributed by atoms with Gasteiger partial charge in [-0.1, -0.05) is 34.8 Å². The molecule has 0 saturated carbocycles. The maximum absolute atomic E-state index is 8.29. The molecule has 0 aromatic rings. The smallest absolute Gasteiger partial charge is 0.292 e. The summed E-state index contributed by atoms with van der Waals surface area (Å²) in [6.07, 6.45) is 0. The molecule has 9 heavy (non-hydrogen) atoms. The van der Waals surface area contributed by atoms with Gasteiger partial charge in [0.2, 0.25) is 0 Å². The molecule has 2 N–H and O–H groups in total. The van der Waals surface area contributed by atoms with Gasteiger partial charge in [-0.2, -0.15) is 0 Å². The van der Waals surface area contributed by atoms with E-state index in [9.17, 15) is 0 Å². The van der Waals surface area contributed by atoms with Crippen LogP contribution in [0.2, 0.25) is 0 Å². The highest BCUT2D eigenvalue weighted by molar-refractivity contribution is 6.55. The fourth-order valence-corrected chi connectivity index (χ4v) is 0.365. The summed E-state index contributed by atoms with van der Waals surface area (Å²) in [6.45, 7) is 1.32. The van der Waals surface area contributed by atoms with Crippen LogP contribution < -0.4 is 0 Å². The lowest BCUT2D eigenvalue weighted by molar-refractivity contribution is 0.187. The Labute approximate surface area is 67.6 Å². The topological polar surface area (TPSA) is 40.5 Å². The minimum absolute atomic E-state index is 0.383. The van der Waals surface area contributed by atoms with Crippen molar-refractivity contribution in [2.45, 2.75) is 11.3 Å². The fraction of sp³-hybridized carbons (Fsp3) is 0.500. The van der Waals surface area contributed by atoms with Crippen molar-refractivity contribution < 1.29 is 10.2 Å². The molecule has 0 aromatic carbocycles. The zero-order valence-corrected chi connectivity index (χ0v) is 6.80.